The number of ether oxygens (including phenoxy) is 1. The maximum absolute atomic E-state index is 9.93. The highest BCUT2D eigenvalue weighted by molar-refractivity contribution is 5.71. The summed E-state index contributed by atoms with van der Waals surface area (Å²) in [6, 6.07) is 0. The van der Waals surface area contributed by atoms with Gasteiger partial charge in [-0.1, -0.05) is 0 Å². The molecule has 0 bridgehead atoms. The van der Waals surface area contributed by atoms with Crippen LogP contribution in [-0.2, 0) is 9.53 Å². The quantitative estimate of drug-likeness (QED) is 0.380. The maximum atomic E-state index is 9.93. The molecule has 46 valence electrons. The lowest BCUT2D eigenvalue weighted by Crippen LogP contribution is -2.07. The Labute approximate surface area is 46.0 Å². The lowest BCUT2D eigenvalue weighted by atomic mass is 10.7. The van der Waals surface area contributed by atoms with Crippen LogP contribution in [0, 0.1) is 0 Å². The molecule has 0 aliphatic rings. The van der Waals surface area contributed by atoms with Gasteiger partial charge in [0.25, 0.3) is 5.95 Å². The number of hydrogen-bond donors (Lipinski definition) is 2. The SMILES string of the molecule is C=C(O)OC(=O)CO. The molecule has 2 N–H and O–H groups in total. The van der Waals surface area contributed by atoms with Crippen molar-refractivity contribution >= 4 is 5.97 Å². The van der Waals surface area contributed by atoms with Crippen molar-refractivity contribution in [1.82, 2.24) is 0 Å². The van der Waals surface area contributed by atoms with Crippen LogP contribution in [-0.4, -0.2) is 22.8 Å². The van der Waals surface area contributed by atoms with E-state index in [2.05, 4.69) is 11.3 Å². The molecule has 4 heteroatoms. The molecule has 0 spiro atoms. The minimum Gasteiger partial charge on any atom is -0.481 e. The van der Waals surface area contributed by atoms with Crippen molar-refractivity contribution in [2.24, 2.45) is 0 Å². The molecule has 0 amide bonds. The van der Waals surface area contributed by atoms with Gasteiger partial charge in [-0.25, -0.2) is 4.79 Å². The summed E-state index contributed by atoms with van der Waals surface area (Å²) >= 11 is 0. The molecule has 0 saturated heterocycles. The minimum absolute atomic E-state index is 0.705. The van der Waals surface area contributed by atoms with Crippen LogP contribution in [0.25, 0.3) is 0 Å². The topological polar surface area (TPSA) is 66.8 Å². The molecule has 0 aromatic heterocycles. The van der Waals surface area contributed by atoms with E-state index in [1.807, 2.05) is 0 Å². The second kappa shape index (κ2) is 3.04. The zero-order chi connectivity index (χ0) is 6.57. The van der Waals surface area contributed by atoms with Gasteiger partial charge >= 0.3 is 5.97 Å². The van der Waals surface area contributed by atoms with Gasteiger partial charge in [0.1, 0.15) is 6.61 Å². The largest absolute Gasteiger partial charge is 0.481 e. The summed E-state index contributed by atoms with van der Waals surface area (Å²) in [5.41, 5.74) is 0. The molecule has 8 heavy (non-hydrogen) atoms. The highest BCUT2D eigenvalue weighted by Gasteiger charge is 1.98. The fourth-order valence-electron chi connectivity index (χ4n) is 0.164. The average molecular weight is 118 g/mol. The van der Waals surface area contributed by atoms with Gasteiger partial charge in [-0.05, 0) is 6.58 Å². The molecule has 0 rings (SSSR count). The number of aliphatic hydroxyl groups excluding tert-OH is 2. The van der Waals surface area contributed by atoms with E-state index in [1.54, 1.807) is 0 Å². The molecule has 0 aliphatic carbocycles. The number of carbonyl (C=O) groups excluding carboxylic acids is 1. The van der Waals surface area contributed by atoms with Gasteiger partial charge in [-0.3, -0.25) is 0 Å². The molecule has 0 aromatic carbocycles. The average Bonchev–Trinajstić information content (AvgIpc) is 1.65. The molecular formula is C4H6O4. The Balaban J connectivity index is 3.40. The number of rotatable bonds is 2. The number of hydrogen-bond acceptors (Lipinski definition) is 4. The first-order valence-electron chi connectivity index (χ1n) is 1.86. The van der Waals surface area contributed by atoms with Crippen LogP contribution < -0.4 is 0 Å². The van der Waals surface area contributed by atoms with Gasteiger partial charge in [0.15, 0.2) is 0 Å². The second-order valence-corrected chi connectivity index (χ2v) is 1.03. The molecular weight excluding hydrogens is 112 g/mol. The summed E-state index contributed by atoms with van der Waals surface area (Å²) in [5, 5.41) is 16.1. The summed E-state index contributed by atoms with van der Waals surface area (Å²) in [4.78, 5) is 9.93. The summed E-state index contributed by atoms with van der Waals surface area (Å²) < 4.78 is 3.87. The first kappa shape index (κ1) is 6.97. The summed E-state index contributed by atoms with van der Waals surface area (Å²) in [6.07, 6.45) is 0. The Morgan fingerprint density at radius 1 is 1.75 bits per heavy atom. The van der Waals surface area contributed by atoms with Crippen LogP contribution in [0.5, 0.6) is 0 Å². The van der Waals surface area contributed by atoms with Crippen LogP contribution in [0.1, 0.15) is 0 Å². The lowest BCUT2D eigenvalue weighted by molar-refractivity contribution is -0.146. The van der Waals surface area contributed by atoms with Crippen LogP contribution in [0.4, 0.5) is 0 Å². The van der Waals surface area contributed by atoms with Gasteiger partial charge < -0.3 is 14.9 Å². The Bertz CT molecular complexity index is 107. The fraction of sp³-hybridized carbons (Fsp3) is 0.250. The number of esters is 1. The van der Waals surface area contributed by atoms with Crippen molar-refractivity contribution in [3.8, 4) is 0 Å². The molecule has 0 heterocycles. The predicted octanol–water partition coefficient (Wildman–Crippen LogP) is -0.449. The van der Waals surface area contributed by atoms with E-state index in [0.29, 0.717) is 0 Å². The molecule has 0 aromatic rings. The summed E-state index contributed by atoms with van der Waals surface area (Å²) in [5.74, 6) is -1.62. The van der Waals surface area contributed by atoms with Crippen LogP contribution in [0.2, 0.25) is 0 Å². The van der Waals surface area contributed by atoms with E-state index in [-0.39, 0.29) is 0 Å². The highest BCUT2D eigenvalue weighted by Crippen LogP contribution is 1.84. The summed E-state index contributed by atoms with van der Waals surface area (Å²) in [6.45, 7) is 2.09. The Hall–Kier alpha value is -1.03. The van der Waals surface area contributed by atoms with Gasteiger partial charge in [0.2, 0.25) is 0 Å². The lowest BCUT2D eigenvalue weighted by Gasteiger charge is -1.94. The third kappa shape index (κ3) is 3.17. The third-order valence-electron chi connectivity index (χ3n) is 0.361. The molecule has 4 nitrogen and oxygen atoms in total. The second-order valence-electron chi connectivity index (χ2n) is 1.03. The van der Waals surface area contributed by atoms with Crippen LogP contribution >= 0.6 is 0 Å². The van der Waals surface area contributed by atoms with Crippen LogP contribution in [0.15, 0.2) is 12.5 Å². The Morgan fingerprint density at radius 3 is 2.38 bits per heavy atom. The van der Waals surface area contributed by atoms with Crippen LogP contribution in [0.3, 0.4) is 0 Å². The Kier molecular flexibility index (Phi) is 2.64. The van der Waals surface area contributed by atoms with Crippen molar-refractivity contribution in [3.05, 3.63) is 12.5 Å². The Morgan fingerprint density at radius 2 is 2.25 bits per heavy atom. The van der Waals surface area contributed by atoms with E-state index >= 15 is 0 Å². The first-order valence-corrected chi connectivity index (χ1v) is 1.86. The van der Waals surface area contributed by atoms with E-state index in [4.69, 9.17) is 10.2 Å². The van der Waals surface area contributed by atoms with E-state index in [0.717, 1.165) is 0 Å². The zero-order valence-electron chi connectivity index (χ0n) is 4.13. The molecule has 0 radical (unpaired) electrons. The van der Waals surface area contributed by atoms with Crippen molar-refractivity contribution in [1.29, 1.82) is 0 Å². The van der Waals surface area contributed by atoms with Crippen molar-refractivity contribution in [2.45, 2.75) is 0 Å². The van der Waals surface area contributed by atoms with E-state index in [1.165, 1.54) is 0 Å². The molecule has 0 aliphatic heterocycles. The zero-order valence-corrected chi connectivity index (χ0v) is 4.13. The number of carbonyl (C=O) groups is 1. The maximum Gasteiger partial charge on any atom is 0.339 e. The molecule has 0 saturated carbocycles. The number of aliphatic hydroxyl groups is 2. The highest BCUT2D eigenvalue weighted by atomic mass is 16.6. The van der Waals surface area contributed by atoms with Crippen molar-refractivity contribution in [2.75, 3.05) is 6.61 Å². The van der Waals surface area contributed by atoms with Gasteiger partial charge in [-0.15, -0.1) is 0 Å². The van der Waals surface area contributed by atoms with Gasteiger partial charge in [0.05, 0.1) is 0 Å². The smallest absolute Gasteiger partial charge is 0.339 e. The summed E-state index contributed by atoms with van der Waals surface area (Å²) in [7, 11) is 0. The fourth-order valence-corrected chi connectivity index (χ4v) is 0.164. The predicted molar refractivity (Wildman–Crippen MR) is 24.9 cm³/mol. The normalized spacial score (nSPS) is 8.12. The molecule has 0 atom stereocenters. The van der Waals surface area contributed by atoms with Crippen molar-refractivity contribution in [3.63, 3.8) is 0 Å². The standard InChI is InChI=1S/C4H6O4/c1-3(6)8-4(7)2-5/h5-6H,1-2H2. The van der Waals surface area contributed by atoms with Gasteiger partial charge in [0, 0.05) is 0 Å². The van der Waals surface area contributed by atoms with E-state index in [9.17, 15) is 4.79 Å². The first-order chi connectivity index (χ1) is 3.66. The molecule has 0 unspecified atom stereocenters. The van der Waals surface area contributed by atoms with Crippen molar-refractivity contribution < 1.29 is 19.7 Å². The third-order valence-corrected chi connectivity index (χ3v) is 0.361. The molecule has 0 fully saturated rings. The monoisotopic (exact) mass is 118 g/mol. The van der Waals surface area contributed by atoms with E-state index < -0.39 is 18.5 Å². The minimum atomic E-state index is -0.919. The van der Waals surface area contributed by atoms with Gasteiger partial charge in [-0.2, -0.15) is 0 Å².